The summed E-state index contributed by atoms with van der Waals surface area (Å²) in [5, 5.41) is 0. The van der Waals surface area contributed by atoms with Gasteiger partial charge in [-0.2, -0.15) is 4.98 Å². The van der Waals surface area contributed by atoms with Crippen molar-refractivity contribution in [1.82, 2.24) is 9.97 Å². The Morgan fingerprint density at radius 1 is 1.10 bits per heavy atom. The van der Waals surface area contributed by atoms with E-state index in [0.717, 1.165) is 0 Å². The molecule has 0 bridgehead atoms. The van der Waals surface area contributed by atoms with Crippen LogP contribution in [-0.2, 0) is 5.41 Å². The van der Waals surface area contributed by atoms with Crippen LogP contribution in [0.5, 0.6) is 11.6 Å². The fraction of sp³-hybridized carbons (Fsp3) is 0.286. The molecule has 0 radical (unpaired) electrons. The topological polar surface area (TPSA) is 35.0 Å². The van der Waals surface area contributed by atoms with Gasteiger partial charge < -0.3 is 4.74 Å². The number of aromatic nitrogens is 2. The first-order valence-corrected chi connectivity index (χ1v) is 7.52. The second-order valence-corrected chi connectivity index (χ2v) is 6.95. The molecule has 0 atom stereocenters. The molecule has 0 N–H and O–H groups in total. The highest BCUT2D eigenvalue weighted by Gasteiger charge is 2.19. The van der Waals surface area contributed by atoms with E-state index in [4.69, 9.17) is 4.74 Å². The van der Waals surface area contributed by atoms with Crippen molar-refractivity contribution < 1.29 is 9.13 Å². The van der Waals surface area contributed by atoms with Crippen molar-refractivity contribution in [2.75, 3.05) is 0 Å². The van der Waals surface area contributed by atoms with E-state index in [0.29, 0.717) is 26.5 Å². The molecule has 3 nitrogen and oxygen atoms in total. The summed E-state index contributed by atoms with van der Waals surface area (Å²) in [6, 6.07) is 6.11. The molecular weight excluding hydrogens is 391 g/mol. The lowest BCUT2D eigenvalue weighted by atomic mass is 9.96. The minimum absolute atomic E-state index is 0.189. The Morgan fingerprint density at radius 2 is 1.80 bits per heavy atom. The molecule has 0 saturated heterocycles. The maximum atomic E-state index is 13.2. The lowest BCUT2D eigenvalue weighted by molar-refractivity contribution is 0.443. The van der Waals surface area contributed by atoms with Gasteiger partial charge in [0.05, 0.1) is 4.47 Å². The molecule has 0 amide bonds. The van der Waals surface area contributed by atoms with E-state index in [1.807, 2.05) is 20.8 Å². The summed E-state index contributed by atoms with van der Waals surface area (Å²) >= 11 is 6.47. The molecule has 0 saturated carbocycles. The fourth-order valence-electron chi connectivity index (χ4n) is 1.45. The van der Waals surface area contributed by atoms with Crippen molar-refractivity contribution in [3.63, 3.8) is 0 Å². The second-order valence-electron chi connectivity index (χ2n) is 5.28. The summed E-state index contributed by atoms with van der Waals surface area (Å²) in [7, 11) is 0. The third-order valence-corrected chi connectivity index (χ3v) is 3.47. The van der Waals surface area contributed by atoms with Crippen LogP contribution in [0.2, 0.25) is 0 Å². The predicted octanol–water partition coefficient (Wildman–Crippen LogP) is 5.23. The Kier molecular flexibility index (Phi) is 4.44. The Bertz CT molecular complexity index is 642. The van der Waals surface area contributed by atoms with Crippen LogP contribution in [0, 0.1) is 5.82 Å². The summed E-state index contributed by atoms with van der Waals surface area (Å²) in [5.74, 6) is 1.25. The highest BCUT2D eigenvalue weighted by molar-refractivity contribution is 9.10. The number of hydrogen-bond acceptors (Lipinski definition) is 3. The Hall–Kier alpha value is -1.01. The van der Waals surface area contributed by atoms with Crippen LogP contribution in [0.4, 0.5) is 4.39 Å². The van der Waals surface area contributed by atoms with Crippen molar-refractivity contribution in [2.45, 2.75) is 26.2 Å². The van der Waals surface area contributed by atoms with E-state index in [1.165, 1.54) is 6.07 Å². The van der Waals surface area contributed by atoms with Gasteiger partial charge >= 0.3 is 0 Å². The number of rotatable bonds is 2. The molecule has 6 heteroatoms. The molecule has 2 rings (SSSR count). The van der Waals surface area contributed by atoms with E-state index in [2.05, 4.69) is 41.8 Å². The summed E-state index contributed by atoms with van der Waals surface area (Å²) in [5.41, 5.74) is -0.189. The van der Waals surface area contributed by atoms with Gasteiger partial charge in [0, 0.05) is 11.5 Å². The number of halogens is 3. The monoisotopic (exact) mass is 402 g/mol. The van der Waals surface area contributed by atoms with Crippen LogP contribution in [0.15, 0.2) is 33.3 Å². The number of benzene rings is 1. The molecule has 20 heavy (non-hydrogen) atoms. The van der Waals surface area contributed by atoms with E-state index in [-0.39, 0.29) is 11.2 Å². The number of ether oxygens (including phenoxy) is 1. The zero-order valence-electron chi connectivity index (χ0n) is 11.2. The van der Waals surface area contributed by atoms with Gasteiger partial charge in [0.15, 0.2) is 0 Å². The number of hydrogen-bond donors (Lipinski definition) is 0. The first kappa shape index (κ1) is 15.4. The highest BCUT2D eigenvalue weighted by Crippen LogP contribution is 2.28. The molecule has 1 aromatic heterocycles. The molecule has 106 valence electrons. The molecule has 0 unspecified atom stereocenters. The Labute approximate surface area is 133 Å². The maximum Gasteiger partial charge on any atom is 0.223 e. The summed E-state index contributed by atoms with van der Waals surface area (Å²) in [6.45, 7) is 6.06. The third-order valence-electron chi connectivity index (χ3n) is 2.46. The summed E-state index contributed by atoms with van der Waals surface area (Å²) in [4.78, 5) is 8.71. The smallest absolute Gasteiger partial charge is 0.223 e. The zero-order valence-corrected chi connectivity index (χ0v) is 14.4. The Morgan fingerprint density at radius 3 is 2.40 bits per heavy atom. The molecule has 0 aliphatic carbocycles. The molecule has 1 aromatic carbocycles. The molecule has 0 aliphatic rings. The lowest BCUT2D eigenvalue weighted by Crippen LogP contribution is -2.16. The van der Waals surface area contributed by atoms with E-state index in [1.54, 1.807) is 18.2 Å². The van der Waals surface area contributed by atoms with Crippen LogP contribution in [0.25, 0.3) is 0 Å². The SMILES string of the molecule is CC(C)(C)c1nc(Br)cc(Oc2ccc(F)c(Br)c2)n1. The quantitative estimate of drug-likeness (QED) is 0.644. The van der Waals surface area contributed by atoms with Crippen LogP contribution in [0.1, 0.15) is 26.6 Å². The molecule has 0 fully saturated rings. The largest absolute Gasteiger partial charge is 0.439 e. The minimum Gasteiger partial charge on any atom is -0.439 e. The fourth-order valence-corrected chi connectivity index (χ4v) is 2.17. The first-order valence-electron chi connectivity index (χ1n) is 5.94. The van der Waals surface area contributed by atoms with Gasteiger partial charge in [-0.3, -0.25) is 0 Å². The lowest BCUT2D eigenvalue weighted by Gasteiger charge is -2.17. The van der Waals surface area contributed by atoms with Crippen molar-refractivity contribution in [2.24, 2.45) is 0 Å². The molecule has 0 spiro atoms. The number of nitrogens with zero attached hydrogens (tertiary/aromatic N) is 2. The standard InChI is InChI=1S/C14H13Br2FN2O/c1-14(2,3)13-18-11(16)7-12(19-13)20-8-4-5-10(17)9(15)6-8/h4-7H,1-3H3. The van der Waals surface area contributed by atoms with Gasteiger partial charge in [0.2, 0.25) is 5.88 Å². The van der Waals surface area contributed by atoms with Crippen molar-refractivity contribution >= 4 is 31.9 Å². The van der Waals surface area contributed by atoms with Gasteiger partial charge in [0.1, 0.15) is 22.0 Å². The second kappa shape index (κ2) is 5.77. The maximum absolute atomic E-state index is 13.2. The van der Waals surface area contributed by atoms with E-state index in [9.17, 15) is 4.39 Å². The Balaban J connectivity index is 2.33. The van der Waals surface area contributed by atoms with Gasteiger partial charge in [-0.1, -0.05) is 20.8 Å². The molecule has 2 aromatic rings. The molecular formula is C14H13Br2FN2O. The van der Waals surface area contributed by atoms with Crippen molar-refractivity contribution in [3.8, 4) is 11.6 Å². The average Bonchev–Trinajstić information content (AvgIpc) is 2.32. The van der Waals surface area contributed by atoms with Gasteiger partial charge in [0.25, 0.3) is 0 Å². The molecule has 0 aliphatic heterocycles. The van der Waals surface area contributed by atoms with E-state index >= 15 is 0 Å². The normalized spacial score (nSPS) is 11.5. The van der Waals surface area contributed by atoms with Crippen LogP contribution < -0.4 is 4.74 Å². The predicted molar refractivity (Wildman–Crippen MR) is 82.6 cm³/mol. The summed E-state index contributed by atoms with van der Waals surface area (Å²) in [6.07, 6.45) is 0. The summed E-state index contributed by atoms with van der Waals surface area (Å²) < 4.78 is 19.8. The van der Waals surface area contributed by atoms with Crippen molar-refractivity contribution in [3.05, 3.63) is 45.0 Å². The molecule has 1 heterocycles. The van der Waals surface area contributed by atoms with Crippen LogP contribution in [0.3, 0.4) is 0 Å². The first-order chi connectivity index (χ1) is 9.25. The zero-order chi connectivity index (χ0) is 14.9. The van der Waals surface area contributed by atoms with Gasteiger partial charge in [-0.05, 0) is 50.1 Å². The van der Waals surface area contributed by atoms with Crippen LogP contribution >= 0.6 is 31.9 Å². The van der Waals surface area contributed by atoms with Gasteiger partial charge in [-0.25, -0.2) is 9.37 Å². The van der Waals surface area contributed by atoms with E-state index < -0.39 is 0 Å². The third kappa shape index (κ3) is 3.76. The minimum atomic E-state index is -0.336. The van der Waals surface area contributed by atoms with Gasteiger partial charge in [-0.15, -0.1) is 0 Å². The average molecular weight is 404 g/mol. The van der Waals surface area contributed by atoms with Crippen LogP contribution in [-0.4, -0.2) is 9.97 Å². The highest BCUT2D eigenvalue weighted by atomic mass is 79.9. The van der Waals surface area contributed by atoms with Crippen molar-refractivity contribution in [1.29, 1.82) is 0 Å².